The van der Waals surface area contributed by atoms with E-state index < -0.39 is 15.8 Å². The predicted molar refractivity (Wildman–Crippen MR) is 59.5 cm³/mol. The Hall–Kier alpha value is -1.58. The molecule has 1 rings (SSSR count). The summed E-state index contributed by atoms with van der Waals surface area (Å²) < 4.78 is 38.3. The van der Waals surface area contributed by atoms with Crippen LogP contribution in [0.4, 0.5) is 10.1 Å². The first-order valence-corrected chi connectivity index (χ1v) is 5.90. The van der Waals surface area contributed by atoms with Gasteiger partial charge in [0.2, 0.25) is 10.0 Å². The molecule has 1 aromatic rings. The van der Waals surface area contributed by atoms with Crippen LogP contribution in [-0.4, -0.2) is 15.0 Å². The number of rotatable bonds is 3. The Labute approximate surface area is 93.7 Å². The molecular weight excluding hydrogens is 231 g/mol. The van der Waals surface area contributed by atoms with E-state index in [1.54, 1.807) is 6.92 Å². The SMILES string of the molecule is CC#CCNS(=O)(=O)c1ccc(F)c(N)c1. The van der Waals surface area contributed by atoms with E-state index in [2.05, 4.69) is 16.6 Å². The van der Waals surface area contributed by atoms with Gasteiger partial charge in [-0.15, -0.1) is 5.92 Å². The second-order valence-corrected chi connectivity index (χ2v) is 4.70. The van der Waals surface area contributed by atoms with Crippen LogP contribution in [0.15, 0.2) is 23.1 Å². The van der Waals surface area contributed by atoms with Crippen molar-refractivity contribution in [3.63, 3.8) is 0 Å². The van der Waals surface area contributed by atoms with Gasteiger partial charge in [0.05, 0.1) is 17.1 Å². The molecule has 0 radical (unpaired) electrons. The average Bonchev–Trinajstić information content (AvgIpc) is 2.22. The fraction of sp³-hybridized carbons (Fsp3) is 0.200. The maximum Gasteiger partial charge on any atom is 0.241 e. The number of nitrogen functional groups attached to an aromatic ring is 1. The van der Waals surface area contributed by atoms with E-state index in [4.69, 9.17) is 5.73 Å². The number of hydrogen-bond acceptors (Lipinski definition) is 3. The normalized spacial score (nSPS) is 10.6. The van der Waals surface area contributed by atoms with E-state index >= 15 is 0 Å². The molecule has 16 heavy (non-hydrogen) atoms. The van der Waals surface area contributed by atoms with Crippen LogP contribution in [0.5, 0.6) is 0 Å². The molecule has 0 fully saturated rings. The molecule has 86 valence electrons. The molecule has 0 aliphatic heterocycles. The Kier molecular flexibility index (Phi) is 3.88. The maximum atomic E-state index is 12.8. The summed E-state index contributed by atoms with van der Waals surface area (Å²) in [7, 11) is -3.67. The van der Waals surface area contributed by atoms with Crippen molar-refractivity contribution in [1.29, 1.82) is 0 Å². The van der Waals surface area contributed by atoms with Gasteiger partial charge in [-0.2, -0.15) is 4.72 Å². The van der Waals surface area contributed by atoms with Crippen molar-refractivity contribution in [3.8, 4) is 11.8 Å². The lowest BCUT2D eigenvalue weighted by molar-refractivity contribution is 0.585. The Bertz CT molecular complexity index is 544. The monoisotopic (exact) mass is 242 g/mol. The van der Waals surface area contributed by atoms with Gasteiger partial charge in [0.25, 0.3) is 0 Å². The van der Waals surface area contributed by atoms with Gasteiger partial charge in [0.1, 0.15) is 5.82 Å². The van der Waals surface area contributed by atoms with Gasteiger partial charge in [-0.25, -0.2) is 12.8 Å². The van der Waals surface area contributed by atoms with Crippen LogP contribution in [0.2, 0.25) is 0 Å². The van der Waals surface area contributed by atoms with Crippen molar-refractivity contribution in [1.82, 2.24) is 4.72 Å². The van der Waals surface area contributed by atoms with Gasteiger partial charge in [-0.1, -0.05) is 5.92 Å². The molecule has 0 saturated heterocycles. The van der Waals surface area contributed by atoms with Crippen LogP contribution < -0.4 is 10.5 Å². The average molecular weight is 242 g/mol. The smallest absolute Gasteiger partial charge is 0.241 e. The highest BCUT2D eigenvalue weighted by Crippen LogP contribution is 2.16. The van der Waals surface area contributed by atoms with Crippen molar-refractivity contribution >= 4 is 15.7 Å². The molecule has 0 heterocycles. The highest BCUT2D eigenvalue weighted by Gasteiger charge is 2.14. The van der Waals surface area contributed by atoms with Crippen molar-refractivity contribution in [2.24, 2.45) is 0 Å². The summed E-state index contributed by atoms with van der Waals surface area (Å²) >= 11 is 0. The summed E-state index contributed by atoms with van der Waals surface area (Å²) in [5.74, 6) is 4.46. The minimum atomic E-state index is -3.67. The van der Waals surface area contributed by atoms with Crippen LogP contribution in [0, 0.1) is 17.7 Å². The second-order valence-electron chi connectivity index (χ2n) is 2.93. The minimum absolute atomic E-state index is 0.0100. The van der Waals surface area contributed by atoms with E-state index in [0.29, 0.717) is 0 Å². The van der Waals surface area contributed by atoms with Crippen LogP contribution >= 0.6 is 0 Å². The second kappa shape index (κ2) is 4.96. The molecule has 0 aliphatic rings. The van der Waals surface area contributed by atoms with Gasteiger partial charge in [-0.3, -0.25) is 0 Å². The molecule has 0 aliphatic carbocycles. The fourth-order valence-corrected chi connectivity index (χ4v) is 1.95. The van der Waals surface area contributed by atoms with Crippen LogP contribution in [0.25, 0.3) is 0 Å². The molecular formula is C10H11FN2O2S. The summed E-state index contributed by atoms with van der Waals surface area (Å²) in [5.41, 5.74) is 5.07. The highest BCUT2D eigenvalue weighted by atomic mass is 32.2. The molecule has 4 nitrogen and oxygen atoms in total. The van der Waals surface area contributed by atoms with Gasteiger partial charge < -0.3 is 5.73 Å². The van der Waals surface area contributed by atoms with E-state index in [1.807, 2.05) is 0 Å². The number of sulfonamides is 1. The van der Waals surface area contributed by atoms with Crippen LogP contribution in [0.1, 0.15) is 6.92 Å². The van der Waals surface area contributed by atoms with E-state index in [9.17, 15) is 12.8 Å². The van der Waals surface area contributed by atoms with Crippen LogP contribution in [0.3, 0.4) is 0 Å². The third-order valence-corrected chi connectivity index (χ3v) is 3.20. The molecule has 0 atom stereocenters. The summed E-state index contributed by atoms with van der Waals surface area (Å²) in [4.78, 5) is -0.0793. The Morgan fingerprint density at radius 2 is 2.19 bits per heavy atom. The molecule has 0 saturated carbocycles. The highest BCUT2D eigenvalue weighted by molar-refractivity contribution is 7.89. The van der Waals surface area contributed by atoms with Gasteiger partial charge >= 0.3 is 0 Å². The lowest BCUT2D eigenvalue weighted by Crippen LogP contribution is -2.24. The number of benzene rings is 1. The summed E-state index contributed by atoms with van der Waals surface area (Å²) in [6, 6.07) is 3.22. The lowest BCUT2D eigenvalue weighted by atomic mass is 10.3. The third kappa shape index (κ3) is 2.95. The molecule has 0 spiro atoms. The van der Waals surface area contributed by atoms with Crippen molar-refractivity contribution in [3.05, 3.63) is 24.0 Å². The van der Waals surface area contributed by atoms with Crippen LogP contribution in [-0.2, 0) is 10.0 Å². The van der Waals surface area contributed by atoms with Gasteiger partial charge in [0, 0.05) is 0 Å². The summed E-state index contributed by atoms with van der Waals surface area (Å²) in [6.45, 7) is 1.61. The van der Waals surface area contributed by atoms with Crippen molar-refractivity contribution < 1.29 is 12.8 Å². The van der Waals surface area contributed by atoms with Gasteiger partial charge in [0.15, 0.2) is 0 Å². The molecule has 1 aromatic carbocycles. The first kappa shape index (κ1) is 12.5. The number of nitrogens with two attached hydrogens (primary N) is 1. The quantitative estimate of drug-likeness (QED) is 0.605. The largest absolute Gasteiger partial charge is 0.396 e. The molecule has 0 bridgehead atoms. The van der Waals surface area contributed by atoms with E-state index in [-0.39, 0.29) is 17.1 Å². The van der Waals surface area contributed by atoms with Gasteiger partial charge in [-0.05, 0) is 25.1 Å². The van der Waals surface area contributed by atoms with Crippen molar-refractivity contribution in [2.45, 2.75) is 11.8 Å². The third-order valence-electron chi connectivity index (χ3n) is 1.81. The maximum absolute atomic E-state index is 12.8. The molecule has 0 amide bonds. The number of halogens is 1. The predicted octanol–water partition coefficient (Wildman–Crippen LogP) is 0.710. The zero-order chi connectivity index (χ0) is 12.2. The molecule has 6 heteroatoms. The number of nitrogens with one attached hydrogen (secondary N) is 1. The molecule has 0 unspecified atom stereocenters. The Morgan fingerprint density at radius 3 is 2.75 bits per heavy atom. The topological polar surface area (TPSA) is 72.2 Å². The number of anilines is 1. The zero-order valence-corrected chi connectivity index (χ0v) is 9.44. The fourth-order valence-electron chi connectivity index (χ4n) is 0.992. The molecule has 3 N–H and O–H groups in total. The lowest BCUT2D eigenvalue weighted by Gasteiger charge is -2.05. The standard InChI is InChI=1S/C10H11FN2O2S/c1-2-3-6-13-16(14,15)8-4-5-9(11)10(12)7-8/h4-5,7,13H,6,12H2,1H3. The zero-order valence-electron chi connectivity index (χ0n) is 8.62. The van der Waals surface area contributed by atoms with E-state index in [1.165, 1.54) is 0 Å². The minimum Gasteiger partial charge on any atom is -0.396 e. The Balaban J connectivity index is 2.97. The summed E-state index contributed by atoms with van der Waals surface area (Å²) in [5, 5.41) is 0. The molecule has 0 aromatic heterocycles. The summed E-state index contributed by atoms with van der Waals surface area (Å²) in [6.07, 6.45) is 0. The Morgan fingerprint density at radius 1 is 1.50 bits per heavy atom. The van der Waals surface area contributed by atoms with E-state index in [0.717, 1.165) is 18.2 Å². The first-order chi connectivity index (χ1) is 7.47. The first-order valence-electron chi connectivity index (χ1n) is 4.41. The number of hydrogen-bond donors (Lipinski definition) is 2. The van der Waals surface area contributed by atoms with Crippen molar-refractivity contribution in [2.75, 3.05) is 12.3 Å².